The highest BCUT2D eigenvalue weighted by atomic mass is 16.3. The molecular formula is C25H28O2. The summed E-state index contributed by atoms with van der Waals surface area (Å²) < 4.78 is 0. The summed E-state index contributed by atoms with van der Waals surface area (Å²) in [6.07, 6.45) is 6.53. The molecule has 1 fully saturated rings. The van der Waals surface area contributed by atoms with Crippen LogP contribution in [-0.2, 0) is 18.3 Å². The molecule has 2 N–H and O–H groups in total. The molecule has 2 aliphatic carbocycles. The van der Waals surface area contributed by atoms with E-state index in [2.05, 4.69) is 48.2 Å². The summed E-state index contributed by atoms with van der Waals surface area (Å²) in [5.74, 6) is 6.78. The topological polar surface area (TPSA) is 40.5 Å². The van der Waals surface area contributed by atoms with Crippen molar-refractivity contribution in [3.05, 3.63) is 65.2 Å². The molecule has 140 valence electrons. The van der Waals surface area contributed by atoms with Crippen LogP contribution in [0, 0.1) is 17.8 Å². The highest BCUT2D eigenvalue weighted by Gasteiger charge is 2.50. The Morgan fingerprint density at radius 1 is 1.11 bits per heavy atom. The van der Waals surface area contributed by atoms with Gasteiger partial charge in [0.25, 0.3) is 0 Å². The maximum absolute atomic E-state index is 11.1. The van der Waals surface area contributed by atoms with Crippen molar-refractivity contribution in [2.75, 3.05) is 0 Å². The number of fused-ring (bicyclic) bond motifs is 3. The SMILES string of the molecule is CC#C[C@@]1(O)CC[C@]2(Cc3ccccc3)c3ccc(O)cc3CCC[C@@H]2C1. The minimum absolute atomic E-state index is 0.00252. The van der Waals surface area contributed by atoms with Gasteiger partial charge in [0.05, 0.1) is 0 Å². The summed E-state index contributed by atoms with van der Waals surface area (Å²) in [6, 6.07) is 16.6. The van der Waals surface area contributed by atoms with Crippen molar-refractivity contribution in [2.24, 2.45) is 5.92 Å². The Kier molecular flexibility index (Phi) is 4.74. The second kappa shape index (κ2) is 7.06. The third-order valence-electron chi connectivity index (χ3n) is 6.69. The molecule has 2 aromatic carbocycles. The van der Waals surface area contributed by atoms with Crippen molar-refractivity contribution >= 4 is 0 Å². The van der Waals surface area contributed by atoms with Gasteiger partial charge in [0.15, 0.2) is 0 Å². The Morgan fingerprint density at radius 2 is 1.93 bits per heavy atom. The van der Waals surface area contributed by atoms with Crippen LogP contribution in [0.4, 0.5) is 0 Å². The normalized spacial score (nSPS) is 29.6. The number of aryl methyl sites for hydroxylation is 1. The summed E-state index contributed by atoms with van der Waals surface area (Å²) in [4.78, 5) is 0. The Hall–Kier alpha value is -2.24. The molecule has 3 atom stereocenters. The van der Waals surface area contributed by atoms with Crippen LogP contribution in [0.5, 0.6) is 5.75 Å². The van der Waals surface area contributed by atoms with E-state index in [1.807, 2.05) is 19.1 Å². The van der Waals surface area contributed by atoms with Crippen LogP contribution in [0.25, 0.3) is 0 Å². The van der Waals surface area contributed by atoms with E-state index >= 15 is 0 Å². The molecule has 4 rings (SSSR count). The van der Waals surface area contributed by atoms with Crippen molar-refractivity contribution in [1.82, 2.24) is 0 Å². The smallest absolute Gasteiger partial charge is 0.125 e. The number of aromatic hydroxyl groups is 1. The van der Waals surface area contributed by atoms with Gasteiger partial charge in [-0.2, -0.15) is 0 Å². The summed E-state index contributed by atoms with van der Waals surface area (Å²) in [5.41, 5.74) is 3.14. The summed E-state index contributed by atoms with van der Waals surface area (Å²) in [6.45, 7) is 1.81. The van der Waals surface area contributed by atoms with Gasteiger partial charge in [0.2, 0.25) is 0 Å². The van der Waals surface area contributed by atoms with Crippen molar-refractivity contribution in [1.29, 1.82) is 0 Å². The molecule has 0 saturated heterocycles. The first-order valence-corrected chi connectivity index (χ1v) is 10.1. The highest BCUT2D eigenvalue weighted by Crippen LogP contribution is 2.53. The predicted octanol–water partition coefficient (Wildman–Crippen LogP) is 4.76. The van der Waals surface area contributed by atoms with Crippen LogP contribution in [0.3, 0.4) is 0 Å². The van der Waals surface area contributed by atoms with Crippen molar-refractivity contribution < 1.29 is 10.2 Å². The van der Waals surface area contributed by atoms with Gasteiger partial charge in [-0.25, -0.2) is 0 Å². The molecule has 0 heterocycles. The van der Waals surface area contributed by atoms with Crippen LogP contribution in [-0.4, -0.2) is 15.8 Å². The largest absolute Gasteiger partial charge is 0.508 e. The second-order valence-electron chi connectivity index (χ2n) is 8.36. The molecule has 0 aliphatic heterocycles. The lowest BCUT2D eigenvalue weighted by atomic mass is 9.56. The van der Waals surface area contributed by atoms with E-state index in [9.17, 15) is 10.2 Å². The summed E-state index contributed by atoms with van der Waals surface area (Å²) in [7, 11) is 0. The van der Waals surface area contributed by atoms with Crippen molar-refractivity contribution in [3.8, 4) is 17.6 Å². The standard InChI is InChI=1S/C25H28O2/c1-2-13-24(27)14-15-25(17-19-7-4-3-5-8-19)21(18-24)10-6-9-20-16-22(26)11-12-23(20)25/h3-5,7-8,11-12,16,21,26-27H,6,9-10,14-15,17-18H2,1H3/t21-,24-,25-/m1/s1. The van der Waals surface area contributed by atoms with E-state index in [4.69, 9.17) is 0 Å². The lowest BCUT2D eigenvalue weighted by Crippen LogP contribution is -2.48. The Balaban J connectivity index is 1.82. The molecule has 1 saturated carbocycles. The molecule has 2 heteroatoms. The van der Waals surface area contributed by atoms with E-state index in [0.717, 1.165) is 38.5 Å². The predicted molar refractivity (Wildman–Crippen MR) is 109 cm³/mol. The first-order valence-electron chi connectivity index (χ1n) is 10.1. The van der Waals surface area contributed by atoms with Gasteiger partial charge in [-0.05, 0) is 86.6 Å². The van der Waals surface area contributed by atoms with Crippen LogP contribution in [0.2, 0.25) is 0 Å². The molecule has 0 bridgehead atoms. The van der Waals surface area contributed by atoms with Crippen molar-refractivity contribution in [3.63, 3.8) is 0 Å². The lowest BCUT2D eigenvalue weighted by Gasteiger charge is -2.49. The number of hydrogen-bond acceptors (Lipinski definition) is 2. The van der Waals surface area contributed by atoms with E-state index in [1.165, 1.54) is 16.7 Å². The molecule has 0 spiro atoms. The van der Waals surface area contributed by atoms with E-state index < -0.39 is 5.60 Å². The fourth-order valence-electron chi connectivity index (χ4n) is 5.52. The quantitative estimate of drug-likeness (QED) is 0.758. The van der Waals surface area contributed by atoms with Gasteiger partial charge in [-0.3, -0.25) is 0 Å². The second-order valence-corrected chi connectivity index (χ2v) is 8.36. The van der Waals surface area contributed by atoms with Gasteiger partial charge < -0.3 is 10.2 Å². The average Bonchev–Trinajstić information content (AvgIpc) is 2.79. The van der Waals surface area contributed by atoms with Crippen LogP contribution in [0.15, 0.2) is 48.5 Å². The Morgan fingerprint density at radius 3 is 2.70 bits per heavy atom. The van der Waals surface area contributed by atoms with E-state index in [-0.39, 0.29) is 5.41 Å². The minimum Gasteiger partial charge on any atom is -0.508 e. The zero-order chi connectivity index (χ0) is 18.9. The van der Waals surface area contributed by atoms with Gasteiger partial charge >= 0.3 is 0 Å². The maximum Gasteiger partial charge on any atom is 0.125 e. The zero-order valence-electron chi connectivity index (χ0n) is 16.0. The fraction of sp³-hybridized carbons (Fsp3) is 0.440. The number of aliphatic hydroxyl groups is 1. The van der Waals surface area contributed by atoms with Gasteiger partial charge in [0.1, 0.15) is 11.4 Å². The third kappa shape index (κ3) is 3.37. The molecule has 0 radical (unpaired) electrons. The van der Waals surface area contributed by atoms with E-state index in [0.29, 0.717) is 18.1 Å². The molecule has 27 heavy (non-hydrogen) atoms. The Labute approximate surface area is 162 Å². The Bertz CT molecular complexity index is 876. The van der Waals surface area contributed by atoms with Gasteiger partial charge in [0, 0.05) is 5.41 Å². The van der Waals surface area contributed by atoms with Gasteiger partial charge in [-0.15, -0.1) is 5.92 Å². The molecule has 0 aromatic heterocycles. The number of hydrogen-bond donors (Lipinski definition) is 2. The zero-order valence-corrected chi connectivity index (χ0v) is 16.0. The molecule has 0 amide bonds. The van der Waals surface area contributed by atoms with Crippen molar-refractivity contribution in [2.45, 2.75) is 62.9 Å². The monoisotopic (exact) mass is 360 g/mol. The minimum atomic E-state index is -0.860. The molecular weight excluding hydrogens is 332 g/mol. The maximum atomic E-state index is 11.1. The number of rotatable bonds is 2. The molecule has 0 unspecified atom stereocenters. The number of phenolic OH excluding ortho intramolecular Hbond substituents is 1. The molecule has 2 aromatic rings. The first-order chi connectivity index (χ1) is 13.0. The van der Waals surface area contributed by atoms with Crippen LogP contribution < -0.4 is 0 Å². The van der Waals surface area contributed by atoms with Gasteiger partial charge in [-0.1, -0.05) is 42.3 Å². The number of phenols is 1. The molecule has 2 nitrogen and oxygen atoms in total. The summed E-state index contributed by atoms with van der Waals surface area (Å²) >= 11 is 0. The highest BCUT2D eigenvalue weighted by molar-refractivity contribution is 5.44. The number of benzene rings is 2. The van der Waals surface area contributed by atoms with Crippen LogP contribution >= 0.6 is 0 Å². The van der Waals surface area contributed by atoms with Crippen LogP contribution in [0.1, 0.15) is 55.7 Å². The van der Waals surface area contributed by atoms with E-state index in [1.54, 1.807) is 0 Å². The molecule has 2 aliphatic rings. The fourth-order valence-corrected chi connectivity index (χ4v) is 5.52. The third-order valence-corrected chi connectivity index (χ3v) is 6.69. The lowest BCUT2D eigenvalue weighted by molar-refractivity contribution is -0.00359. The first kappa shape index (κ1) is 18.1. The summed E-state index contributed by atoms with van der Waals surface area (Å²) in [5, 5.41) is 21.1. The average molecular weight is 360 g/mol.